The van der Waals surface area contributed by atoms with Crippen molar-refractivity contribution in [1.29, 1.82) is 0 Å². The van der Waals surface area contributed by atoms with E-state index < -0.39 is 81.9 Å². The average molecular weight is 791 g/mol. The molecule has 11 nitrogen and oxygen atoms in total. The first-order chi connectivity index (χ1) is 18.8. The van der Waals surface area contributed by atoms with Gasteiger partial charge >= 0.3 is 205 Å². The van der Waals surface area contributed by atoms with Crippen molar-refractivity contribution in [3.63, 3.8) is 0 Å². The van der Waals surface area contributed by atoms with E-state index >= 15 is 0 Å². The number of nitrogens with zero attached hydrogens (tertiary/aromatic N) is 1. The van der Waals surface area contributed by atoms with Gasteiger partial charge in [0.15, 0.2) is 0 Å². The summed E-state index contributed by atoms with van der Waals surface area (Å²) in [6, 6.07) is -0.597. The van der Waals surface area contributed by atoms with E-state index in [9.17, 15) is 37.1 Å². The van der Waals surface area contributed by atoms with Gasteiger partial charge in [-0.25, -0.2) is 4.79 Å². The zero-order valence-electron chi connectivity index (χ0n) is 22.8. The van der Waals surface area contributed by atoms with Crippen molar-refractivity contribution >= 4 is 29.6 Å². The van der Waals surface area contributed by atoms with Gasteiger partial charge in [0.2, 0.25) is 0 Å². The quantitative estimate of drug-likeness (QED) is 0.240. The number of unbranched alkanes of at least 4 members (excludes halogenated alkanes) is 1. The molecule has 223 valence electrons. The molecule has 0 radical (unpaired) electrons. The summed E-state index contributed by atoms with van der Waals surface area (Å²) >= 11 is -1.77. The predicted octanol–water partition coefficient (Wildman–Crippen LogP) is 2.27. The molecular weight excluding hydrogens is 754 g/mol. The van der Waals surface area contributed by atoms with E-state index in [2.05, 4.69) is 12.2 Å². The van der Waals surface area contributed by atoms with Crippen LogP contribution in [0.3, 0.4) is 0 Å². The van der Waals surface area contributed by atoms with E-state index in [1.807, 2.05) is 19.2 Å². The zero-order valence-corrected chi connectivity index (χ0v) is 27.6. The van der Waals surface area contributed by atoms with Gasteiger partial charge in [-0.15, -0.1) is 5.06 Å². The van der Waals surface area contributed by atoms with Gasteiger partial charge in [-0.05, 0) is 0 Å². The minimum absolute atomic E-state index is 0.0245. The SMILES string of the molecule is CC1C(CNC(=O)[CH]2CC(NC(=O)C(F)(F)F)[CH2][Ac]2)OC(OCCCCC(=O)ON2C(=O)CCC2=O)C(C)C1C. The number of hydrogen-bond acceptors (Lipinski definition) is 8. The first kappa shape index (κ1) is 33.2. The number of carbonyl (C=O) groups excluding carboxylic acids is 5. The molecule has 0 aromatic carbocycles. The number of hydroxylamine groups is 2. The summed E-state index contributed by atoms with van der Waals surface area (Å²) in [5, 5.41) is 5.43. The molecule has 3 heterocycles. The summed E-state index contributed by atoms with van der Waals surface area (Å²) in [4.78, 5) is 63.8. The second kappa shape index (κ2) is 14.7. The van der Waals surface area contributed by atoms with Gasteiger partial charge in [0.25, 0.3) is 11.8 Å². The molecule has 15 heteroatoms. The number of alkyl halides is 3. The Bertz CT molecular complexity index is 952. The Morgan fingerprint density at radius 3 is 2.38 bits per heavy atom. The fraction of sp³-hybridized carbons (Fsp3) is 0.800. The zero-order chi connectivity index (χ0) is 29.6. The molecule has 4 amide bonds. The van der Waals surface area contributed by atoms with Gasteiger partial charge in [-0.2, -0.15) is 0 Å². The topological polar surface area (TPSA) is 140 Å². The average Bonchev–Trinajstić information content (AvgIpc) is 3.49. The van der Waals surface area contributed by atoms with Crippen LogP contribution < -0.4 is 10.6 Å². The number of rotatable bonds is 11. The van der Waals surface area contributed by atoms with Gasteiger partial charge < -0.3 is 4.84 Å². The van der Waals surface area contributed by atoms with E-state index in [-0.39, 0.29) is 63.1 Å². The van der Waals surface area contributed by atoms with E-state index in [0.29, 0.717) is 26.1 Å². The normalized spacial score (nSPS) is 30.4. The molecule has 0 aromatic heterocycles. The Balaban J connectivity index is 1.38. The van der Waals surface area contributed by atoms with Gasteiger partial charge in [0, 0.05) is 12.8 Å². The van der Waals surface area contributed by atoms with Crippen molar-refractivity contribution in [2.24, 2.45) is 17.8 Å². The Morgan fingerprint density at radius 1 is 1.05 bits per heavy atom. The Kier molecular flexibility index (Phi) is 12.2. The van der Waals surface area contributed by atoms with Gasteiger partial charge in [-0.3, -0.25) is 9.59 Å². The van der Waals surface area contributed by atoms with Gasteiger partial charge in [0.1, 0.15) is 0 Å². The molecule has 3 rings (SSSR count). The van der Waals surface area contributed by atoms with Crippen LogP contribution >= 0.6 is 0 Å². The molecule has 3 saturated heterocycles. The van der Waals surface area contributed by atoms with Crippen LogP contribution in [0.5, 0.6) is 0 Å². The molecule has 0 saturated carbocycles. The van der Waals surface area contributed by atoms with E-state index in [0.717, 1.165) is 0 Å². The first-order valence-corrected chi connectivity index (χ1v) is 19.7. The molecule has 0 aromatic rings. The predicted molar refractivity (Wildman–Crippen MR) is 127 cm³/mol. The second-order valence-corrected chi connectivity index (χ2v) is 17.9. The molecule has 7 atom stereocenters. The van der Waals surface area contributed by atoms with E-state index in [1.165, 1.54) is 0 Å². The van der Waals surface area contributed by atoms with Crippen LogP contribution in [0, 0.1) is 57.5 Å². The van der Waals surface area contributed by atoms with Crippen LogP contribution in [-0.2, 0) is 38.3 Å². The fourth-order valence-electron chi connectivity index (χ4n) is 5.05. The van der Waals surface area contributed by atoms with Crippen molar-refractivity contribution in [1.82, 2.24) is 15.7 Å². The monoisotopic (exact) mass is 790 g/mol. The molecule has 40 heavy (non-hydrogen) atoms. The summed E-state index contributed by atoms with van der Waals surface area (Å²) in [6.45, 7) is 6.70. The molecule has 0 bridgehead atoms. The van der Waals surface area contributed by atoms with E-state index in [4.69, 9.17) is 14.3 Å². The second-order valence-electron chi connectivity index (χ2n) is 10.7. The molecule has 7 unspecified atom stereocenters. The van der Waals surface area contributed by atoms with Crippen LogP contribution in [0.2, 0.25) is 2.70 Å². The molecular formula is C25H36AcF3N3O8. The number of nitrogens with one attached hydrogen (secondary N) is 2. The maximum absolute atomic E-state index is 12.7. The molecule has 3 aliphatic rings. The van der Waals surface area contributed by atoms with Crippen molar-refractivity contribution in [2.45, 2.75) is 86.6 Å². The molecule has 2 N–H and O–H groups in total. The first-order valence-electron chi connectivity index (χ1n) is 13.6. The molecule has 0 aliphatic carbocycles. The third kappa shape index (κ3) is 9.10. The number of ether oxygens (including phenoxy) is 2. The maximum atomic E-state index is 12.7. The minimum atomic E-state index is -4.93. The third-order valence-corrected chi connectivity index (χ3v) is 16.0. The van der Waals surface area contributed by atoms with Crippen LogP contribution in [0.25, 0.3) is 0 Å². The van der Waals surface area contributed by atoms with Gasteiger partial charge in [0.05, 0.1) is 0 Å². The van der Waals surface area contributed by atoms with Crippen LogP contribution in [-0.4, -0.2) is 72.4 Å². The summed E-state index contributed by atoms with van der Waals surface area (Å²) in [6.07, 6.45) is -4.47. The summed E-state index contributed by atoms with van der Waals surface area (Å²) in [5.74, 6) is -3.44. The van der Waals surface area contributed by atoms with Crippen LogP contribution in [0.1, 0.15) is 59.3 Å². The molecule has 3 aliphatic heterocycles. The number of amides is 4. The van der Waals surface area contributed by atoms with Crippen LogP contribution in [0.4, 0.5) is 13.2 Å². The van der Waals surface area contributed by atoms with Crippen molar-refractivity contribution in [2.75, 3.05) is 13.2 Å². The van der Waals surface area contributed by atoms with Crippen LogP contribution in [0.15, 0.2) is 0 Å². The summed E-state index contributed by atoms with van der Waals surface area (Å²) in [7, 11) is 0. The van der Waals surface area contributed by atoms with Gasteiger partial charge in [-0.1, -0.05) is 0 Å². The third-order valence-electron chi connectivity index (χ3n) is 7.89. The number of imide groups is 1. The standard InChI is InChI=1S/C25H36F3N3O8.Ac/c1-14(30-24(36)25(26,27)28)8-9-19(32)29-13-18-16(3)15(2)17(4)23(38-18)37-12-6-5-7-22(35)39-31-20(33)10-11-21(31)34;/h9,14-18,23H,1,5-8,10-13H2,2-4H3,(H,29,32)(H,30,36);. The van der Waals surface area contributed by atoms with Crippen molar-refractivity contribution in [3.8, 4) is 0 Å². The van der Waals surface area contributed by atoms with E-state index in [1.54, 1.807) is 0 Å². The fourth-order valence-corrected chi connectivity index (χ4v) is 12.5. The number of hydrogen-bond donors (Lipinski definition) is 2. The summed E-state index contributed by atoms with van der Waals surface area (Å²) < 4.78 is 49.9. The number of halogens is 3. The Hall–Kier alpha value is -1.30. The Labute approximate surface area is 252 Å². The van der Waals surface area contributed by atoms with Crippen molar-refractivity contribution < 1.29 is 91.2 Å². The Morgan fingerprint density at radius 2 is 1.73 bits per heavy atom. The number of carbonyl (C=O) groups is 5. The van der Waals surface area contributed by atoms with Crippen molar-refractivity contribution in [3.05, 3.63) is 0 Å². The molecule has 3 fully saturated rings. The summed E-state index contributed by atoms with van der Waals surface area (Å²) in [5.41, 5.74) is 0. The molecule has 0 spiro atoms.